The van der Waals surface area contributed by atoms with E-state index < -0.39 is 0 Å². The highest BCUT2D eigenvalue weighted by Gasteiger charge is 2.36. The number of rotatable bonds is 2. The molecule has 1 aliphatic carbocycles. The summed E-state index contributed by atoms with van der Waals surface area (Å²) >= 11 is 0. The molecule has 1 saturated carbocycles. The van der Waals surface area contributed by atoms with E-state index in [4.69, 9.17) is 0 Å². The summed E-state index contributed by atoms with van der Waals surface area (Å²) in [6.45, 7) is 15.4. The molecule has 0 bridgehead atoms. The van der Waals surface area contributed by atoms with Crippen molar-refractivity contribution in [1.29, 1.82) is 0 Å². The van der Waals surface area contributed by atoms with E-state index in [2.05, 4.69) is 39.5 Å². The topological polar surface area (TPSA) is 23.5 Å². The first-order valence-electron chi connectivity index (χ1n) is 8.58. The summed E-state index contributed by atoms with van der Waals surface area (Å²) < 4.78 is 0. The number of piperidine rings is 1. The fraction of sp³-hybridized carbons (Fsp3) is 1.00. The van der Waals surface area contributed by atoms with E-state index in [0.29, 0.717) is 16.7 Å². The summed E-state index contributed by atoms with van der Waals surface area (Å²) in [7, 11) is 0. The third kappa shape index (κ3) is 4.21. The maximum absolute atomic E-state index is 10.4. The Morgan fingerprint density at radius 3 is 2.25 bits per heavy atom. The second-order valence-electron chi connectivity index (χ2n) is 9.17. The van der Waals surface area contributed by atoms with Gasteiger partial charge in [0.05, 0.1) is 6.10 Å². The van der Waals surface area contributed by atoms with Crippen LogP contribution >= 0.6 is 0 Å². The second-order valence-corrected chi connectivity index (χ2v) is 9.17. The van der Waals surface area contributed by atoms with E-state index >= 15 is 0 Å². The molecule has 2 rings (SSSR count). The second kappa shape index (κ2) is 5.96. The van der Waals surface area contributed by atoms with Gasteiger partial charge in [0.1, 0.15) is 0 Å². The molecular formula is C18H35NO. The minimum atomic E-state index is -0.0662. The summed E-state index contributed by atoms with van der Waals surface area (Å²) in [5.41, 5.74) is 0.915. The lowest BCUT2D eigenvalue weighted by atomic mass is 9.68. The smallest absolute Gasteiger partial charge is 0.0580 e. The van der Waals surface area contributed by atoms with Crippen molar-refractivity contribution < 1.29 is 5.11 Å². The standard InChI is InChI=1S/C18H35NO/c1-17(2,3)15-6-7-16(20)14(12-15)13-19-10-8-18(4,5)9-11-19/h14-16,20H,6-13H2,1-5H3. The summed E-state index contributed by atoms with van der Waals surface area (Å²) in [4.78, 5) is 2.60. The van der Waals surface area contributed by atoms with E-state index in [0.717, 1.165) is 18.9 Å². The van der Waals surface area contributed by atoms with E-state index in [1.165, 1.54) is 38.8 Å². The van der Waals surface area contributed by atoms with Crippen molar-refractivity contribution in [3.05, 3.63) is 0 Å². The van der Waals surface area contributed by atoms with Crippen LogP contribution in [0.5, 0.6) is 0 Å². The molecule has 1 aliphatic heterocycles. The lowest BCUT2D eigenvalue weighted by Gasteiger charge is -2.43. The zero-order valence-corrected chi connectivity index (χ0v) is 14.3. The van der Waals surface area contributed by atoms with Crippen molar-refractivity contribution in [2.45, 2.75) is 72.8 Å². The number of hydrogen-bond donors (Lipinski definition) is 1. The lowest BCUT2D eigenvalue weighted by molar-refractivity contribution is -0.00474. The number of likely N-dealkylation sites (tertiary alicyclic amines) is 1. The maximum Gasteiger partial charge on any atom is 0.0580 e. The monoisotopic (exact) mass is 281 g/mol. The molecule has 1 N–H and O–H groups in total. The third-order valence-corrected chi connectivity index (χ3v) is 5.87. The molecule has 0 aromatic rings. The molecule has 1 heterocycles. The van der Waals surface area contributed by atoms with Crippen molar-refractivity contribution in [1.82, 2.24) is 4.90 Å². The normalized spacial score (nSPS) is 36.0. The zero-order chi connectivity index (χ0) is 15.0. The van der Waals surface area contributed by atoms with Gasteiger partial charge in [-0.1, -0.05) is 34.6 Å². The van der Waals surface area contributed by atoms with Crippen LogP contribution in [0.25, 0.3) is 0 Å². The Morgan fingerprint density at radius 1 is 1.10 bits per heavy atom. The molecular weight excluding hydrogens is 246 g/mol. The summed E-state index contributed by atoms with van der Waals surface area (Å²) in [5, 5.41) is 10.4. The van der Waals surface area contributed by atoms with Crippen LogP contribution in [0.3, 0.4) is 0 Å². The van der Waals surface area contributed by atoms with Gasteiger partial charge in [0, 0.05) is 6.54 Å². The van der Waals surface area contributed by atoms with Gasteiger partial charge in [0.15, 0.2) is 0 Å². The molecule has 2 heteroatoms. The lowest BCUT2D eigenvalue weighted by Crippen LogP contribution is -2.45. The average molecular weight is 281 g/mol. The van der Waals surface area contributed by atoms with Gasteiger partial charge in [0.2, 0.25) is 0 Å². The van der Waals surface area contributed by atoms with E-state index in [1.807, 2.05) is 0 Å². The SMILES string of the molecule is CC1(C)CCN(CC2CC(C(C)(C)C)CCC2O)CC1. The van der Waals surface area contributed by atoms with Gasteiger partial charge < -0.3 is 10.0 Å². The summed E-state index contributed by atoms with van der Waals surface area (Å²) in [6, 6.07) is 0. The van der Waals surface area contributed by atoms with E-state index in [1.54, 1.807) is 0 Å². The van der Waals surface area contributed by atoms with Crippen LogP contribution < -0.4 is 0 Å². The highest BCUT2D eigenvalue weighted by molar-refractivity contribution is 4.88. The van der Waals surface area contributed by atoms with Crippen molar-refractivity contribution in [3.8, 4) is 0 Å². The Morgan fingerprint density at radius 2 is 1.70 bits per heavy atom. The molecule has 20 heavy (non-hydrogen) atoms. The number of nitrogens with zero attached hydrogens (tertiary/aromatic N) is 1. The Hall–Kier alpha value is -0.0800. The predicted octanol–water partition coefficient (Wildman–Crippen LogP) is 3.93. The molecule has 2 aliphatic rings. The van der Waals surface area contributed by atoms with Crippen molar-refractivity contribution in [2.75, 3.05) is 19.6 Å². The van der Waals surface area contributed by atoms with Crippen LogP contribution in [0.1, 0.15) is 66.7 Å². The fourth-order valence-corrected chi connectivity index (χ4v) is 3.90. The van der Waals surface area contributed by atoms with Gasteiger partial charge in [-0.05, 0) is 67.9 Å². The molecule has 0 amide bonds. The van der Waals surface area contributed by atoms with Crippen LogP contribution in [-0.2, 0) is 0 Å². The predicted molar refractivity (Wildman–Crippen MR) is 85.7 cm³/mol. The molecule has 2 fully saturated rings. The fourth-order valence-electron chi connectivity index (χ4n) is 3.90. The first-order valence-corrected chi connectivity index (χ1v) is 8.58. The molecule has 3 atom stereocenters. The van der Waals surface area contributed by atoms with Gasteiger partial charge in [0.25, 0.3) is 0 Å². The van der Waals surface area contributed by atoms with Crippen LogP contribution in [0.15, 0.2) is 0 Å². The number of aliphatic hydroxyl groups excluding tert-OH is 1. The molecule has 3 unspecified atom stereocenters. The average Bonchev–Trinajstić information content (AvgIpc) is 2.33. The molecule has 0 spiro atoms. The van der Waals surface area contributed by atoms with Gasteiger partial charge in [-0.2, -0.15) is 0 Å². The molecule has 0 aromatic carbocycles. The Labute approximate surface area is 125 Å². The minimum Gasteiger partial charge on any atom is -0.393 e. The quantitative estimate of drug-likeness (QED) is 0.829. The zero-order valence-electron chi connectivity index (χ0n) is 14.3. The molecule has 118 valence electrons. The van der Waals surface area contributed by atoms with Crippen LogP contribution in [0.4, 0.5) is 0 Å². The molecule has 0 radical (unpaired) electrons. The van der Waals surface area contributed by atoms with Crippen molar-refractivity contribution in [2.24, 2.45) is 22.7 Å². The van der Waals surface area contributed by atoms with Crippen molar-refractivity contribution >= 4 is 0 Å². The molecule has 1 saturated heterocycles. The highest BCUT2D eigenvalue weighted by atomic mass is 16.3. The molecule has 0 aromatic heterocycles. The summed E-state index contributed by atoms with van der Waals surface area (Å²) in [6.07, 6.45) is 5.96. The Balaban J connectivity index is 1.88. The van der Waals surface area contributed by atoms with Crippen LogP contribution in [0, 0.1) is 22.7 Å². The number of aliphatic hydroxyl groups is 1. The molecule has 2 nitrogen and oxygen atoms in total. The third-order valence-electron chi connectivity index (χ3n) is 5.87. The first-order chi connectivity index (χ1) is 9.17. The highest BCUT2D eigenvalue weighted by Crippen LogP contribution is 2.41. The van der Waals surface area contributed by atoms with Crippen LogP contribution in [-0.4, -0.2) is 35.7 Å². The van der Waals surface area contributed by atoms with E-state index in [-0.39, 0.29) is 6.10 Å². The van der Waals surface area contributed by atoms with Crippen molar-refractivity contribution in [3.63, 3.8) is 0 Å². The first kappa shape index (κ1) is 16.3. The minimum absolute atomic E-state index is 0.0662. The van der Waals surface area contributed by atoms with Gasteiger partial charge >= 0.3 is 0 Å². The Bertz CT molecular complexity index is 308. The van der Waals surface area contributed by atoms with Gasteiger partial charge in [-0.15, -0.1) is 0 Å². The van der Waals surface area contributed by atoms with Gasteiger partial charge in [-0.25, -0.2) is 0 Å². The maximum atomic E-state index is 10.4. The largest absolute Gasteiger partial charge is 0.393 e. The van der Waals surface area contributed by atoms with Crippen LogP contribution in [0.2, 0.25) is 0 Å². The summed E-state index contributed by atoms with van der Waals surface area (Å²) in [5.74, 6) is 1.27. The van der Waals surface area contributed by atoms with Gasteiger partial charge in [-0.3, -0.25) is 0 Å². The number of hydrogen-bond acceptors (Lipinski definition) is 2. The van der Waals surface area contributed by atoms with E-state index in [9.17, 15) is 5.11 Å². The Kier molecular flexibility index (Phi) is 4.86.